The lowest BCUT2D eigenvalue weighted by Gasteiger charge is -2.27. The maximum absolute atomic E-state index is 12.0. The number of nitrogens with one attached hydrogen (secondary N) is 1. The predicted octanol–water partition coefficient (Wildman–Crippen LogP) is 3.01. The van der Waals surface area contributed by atoms with Gasteiger partial charge in [-0.3, -0.25) is 9.78 Å². The quantitative estimate of drug-likeness (QED) is 0.673. The Hall–Kier alpha value is -2.63. The van der Waals surface area contributed by atoms with E-state index in [9.17, 15) is 9.59 Å². The first kappa shape index (κ1) is 20.4. The summed E-state index contributed by atoms with van der Waals surface area (Å²) in [5, 5.41) is 2.93. The van der Waals surface area contributed by atoms with E-state index in [0.29, 0.717) is 18.7 Å². The highest BCUT2D eigenvalue weighted by atomic mass is 16.6. The predicted molar refractivity (Wildman–Crippen MR) is 97.9 cm³/mol. The Kier molecular flexibility index (Phi) is 7.36. The molecule has 1 aromatic rings. The first-order valence-electron chi connectivity index (χ1n) is 8.15. The molecule has 6 nitrogen and oxygen atoms in total. The number of pyridine rings is 1. The highest BCUT2D eigenvalue weighted by Gasteiger charge is 2.24. The van der Waals surface area contributed by atoms with E-state index in [0.717, 1.165) is 5.56 Å². The van der Waals surface area contributed by atoms with Crippen molar-refractivity contribution in [2.45, 2.75) is 38.7 Å². The van der Waals surface area contributed by atoms with Gasteiger partial charge in [0.1, 0.15) is 6.10 Å². The molecule has 0 fully saturated rings. The zero-order valence-corrected chi connectivity index (χ0v) is 15.1. The first-order chi connectivity index (χ1) is 11.7. The second-order valence-corrected chi connectivity index (χ2v) is 6.55. The molecule has 0 saturated heterocycles. The molecular formula is C19H27N3O3. The lowest BCUT2D eigenvalue weighted by molar-refractivity contribution is -0.123. The maximum Gasteiger partial charge on any atom is 0.405 e. The van der Waals surface area contributed by atoms with Crippen molar-refractivity contribution < 1.29 is 14.3 Å². The third-order valence-electron chi connectivity index (χ3n) is 4.00. The van der Waals surface area contributed by atoms with Gasteiger partial charge in [-0.15, -0.1) is 13.2 Å². The zero-order valence-electron chi connectivity index (χ0n) is 15.1. The third-order valence-corrected chi connectivity index (χ3v) is 4.00. The van der Waals surface area contributed by atoms with Gasteiger partial charge in [-0.05, 0) is 17.7 Å². The van der Waals surface area contributed by atoms with Crippen LogP contribution >= 0.6 is 0 Å². The van der Waals surface area contributed by atoms with Crippen molar-refractivity contribution in [3.8, 4) is 0 Å². The molecule has 0 aromatic carbocycles. The normalized spacial score (nSPS) is 13.4. The van der Waals surface area contributed by atoms with Crippen LogP contribution in [0, 0.1) is 5.92 Å². The van der Waals surface area contributed by atoms with E-state index in [1.807, 2.05) is 26.0 Å². The summed E-state index contributed by atoms with van der Waals surface area (Å²) in [6.45, 7) is 13.6. The largest absolute Gasteiger partial charge is 0.440 e. The molecule has 25 heavy (non-hydrogen) atoms. The summed E-state index contributed by atoms with van der Waals surface area (Å²) in [5.74, 6) is -0.316. The smallest absolute Gasteiger partial charge is 0.405 e. The molecular weight excluding hydrogens is 318 g/mol. The first-order valence-corrected chi connectivity index (χ1v) is 8.15. The highest BCUT2D eigenvalue weighted by Crippen LogP contribution is 2.27. The molecule has 1 rings (SSSR count). The summed E-state index contributed by atoms with van der Waals surface area (Å²) >= 11 is 0. The maximum atomic E-state index is 12.0. The Balaban J connectivity index is 2.96. The summed E-state index contributed by atoms with van der Waals surface area (Å²) in [7, 11) is 0. The number of primary amides is 1. The van der Waals surface area contributed by atoms with Gasteiger partial charge in [-0.1, -0.05) is 32.9 Å². The van der Waals surface area contributed by atoms with Gasteiger partial charge in [-0.2, -0.15) is 0 Å². The molecule has 0 aliphatic carbocycles. The van der Waals surface area contributed by atoms with Crippen LogP contribution in [0.1, 0.15) is 44.6 Å². The Morgan fingerprint density at radius 1 is 1.44 bits per heavy atom. The number of amides is 2. The number of rotatable bonds is 9. The van der Waals surface area contributed by atoms with Gasteiger partial charge in [-0.25, -0.2) is 4.79 Å². The van der Waals surface area contributed by atoms with Crippen LogP contribution in [0.3, 0.4) is 0 Å². The van der Waals surface area contributed by atoms with Gasteiger partial charge in [0.15, 0.2) is 0 Å². The average molecular weight is 345 g/mol. The number of nitrogens with two attached hydrogens (primary N) is 1. The molecule has 2 amide bonds. The molecule has 136 valence electrons. The summed E-state index contributed by atoms with van der Waals surface area (Å²) < 4.78 is 5.11. The van der Waals surface area contributed by atoms with Gasteiger partial charge in [0.25, 0.3) is 0 Å². The fourth-order valence-corrected chi connectivity index (χ4v) is 2.24. The number of hydrogen-bond donors (Lipinski definition) is 2. The molecule has 1 heterocycles. The van der Waals surface area contributed by atoms with E-state index in [-0.39, 0.29) is 17.2 Å². The van der Waals surface area contributed by atoms with Crippen LogP contribution < -0.4 is 11.1 Å². The standard InChI is InChI=1S/C19H27N3O3/c1-6-8-16(25-18(20)24)15-11-14(9-10-21-15)19(4,5)12-22-17(23)13(3)7-2/h6-7,9-11,13,16H,1-2,8,12H2,3-5H3,(H2,20,24)(H,22,23). The number of aromatic nitrogens is 1. The summed E-state index contributed by atoms with van der Waals surface area (Å²) in [6, 6.07) is 3.74. The minimum atomic E-state index is -0.857. The van der Waals surface area contributed by atoms with Crippen molar-refractivity contribution in [1.82, 2.24) is 10.3 Å². The monoisotopic (exact) mass is 345 g/mol. The average Bonchev–Trinajstić information content (AvgIpc) is 2.58. The second kappa shape index (κ2) is 9.01. The number of hydrogen-bond acceptors (Lipinski definition) is 4. The summed E-state index contributed by atoms with van der Waals surface area (Å²) in [5.41, 5.74) is 6.35. The fraction of sp³-hybridized carbons (Fsp3) is 0.421. The van der Waals surface area contributed by atoms with Crippen molar-refractivity contribution in [3.63, 3.8) is 0 Å². The Labute approximate surface area is 149 Å². The number of carbonyl (C=O) groups is 2. The van der Waals surface area contributed by atoms with Crippen molar-refractivity contribution >= 4 is 12.0 Å². The fourth-order valence-electron chi connectivity index (χ4n) is 2.24. The molecule has 0 spiro atoms. The van der Waals surface area contributed by atoms with Crippen molar-refractivity contribution in [3.05, 3.63) is 54.9 Å². The van der Waals surface area contributed by atoms with Crippen LogP contribution in [0.2, 0.25) is 0 Å². The Morgan fingerprint density at radius 2 is 2.12 bits per heavy atom. The van der Waals surface area contributed by atoms with Crippen molar-refractivity contribution in [2.75, 3.05) is 6.54 Å². The SMILES string of the molecule is C=CCC(OC(N)=O)c1cc(C(C)(C)CNC(=O)C(C)C=C)ccn1. The van der Waals surface area contributed by atoms with Gasteiger partial charge in [0.2, 0.25) is 5.91 Å². The van der Waals surface area contributed by atoms with Gasteiger partial charge in [0, 0.05) is 24.6 Å². The molecule has 0 bridgehead atoms. The zero-order chi connectivity index (χ0) is 19.0. The lowest BCUT2D eigenvalue weighted by Crippen LogP contribution is -2.38. The minimum Gasteiger partial charge on any atom is -0.440 e. The van der Waals surface area contributed by atoms with Crippen LogP contribution in [0.15, 0.2) is 43.6 Å². The van der Waals surface area contributed by atoms with E-state index in [2.05, 4.69) is 23.5 Å². The summed E-state index contributed by atoms with van der Waals surface area (Å²) in [4.78, 5) is 27.3. The van der Waals surface area contributed by atoms with Gasteiger partial charge in [0.05, 0.1) is 11.6 Å². The molecule has 0 aliphatic heterocycles. The number of ether oxygens (including phenoxy) is 1. The van der Waals surface area contributed by atoms with E-state index in [4.69, 9.17) is 10.5 Å². The molecule has 6 heteroatoms. The molecule has 1 aromatic heterocycles. The molecule has 0 aliphatic rings. The number of carbonyl (C=O) groups excluding carboxylic acids is 2. The van der Waals surface area contributed by atoms with Crippen molar-refractivity contribution in [1.29, 1.82) is 0 Å². The van der Waals surface area contributed by atoms with E-state index < -0.39 is 12.2 Å². The number of nitrogens with zero attached hydrogens (tertiary/aromatic N) is 1. The highest BCUT2D eigenvalue weighted by molar-refractivity contribution is 5.79. The molecule has 0 radical (unpaired) electrons. The van der Waals surface area contributed by atoms with Crippen LogP contribution in [0.4, 0.5) is 4.79 Å². The summed E-state index contributed by atoms with van der Waals surface area (Å²) in [6.07, 6.45) is 3.87. The third kappa shape index (κ3) is 6.06. The van der Waals surface area contributed by atoms with E-state index in [1.54, 1.807) is 25.3 Å². The Bertz CT molecular complexity index is 641. The van der Waals surface area contributed by atoms with Crippen LogP contribution in [-0.4, -0.2) is 23.5 Å². The second-order valence-electron chi connectivity index (χ2n) is 6.55. The van der Waals surface area contributed by atoms with Gasteiger partial charge >= 0.3 is 6.09 Å². The molecule has 0 saturated carbocycles. The molecule has 2 unspecified atom stereocenters. The van der Waals surface area contributed by atoms with Crippen LogP contribution in [-0.2, 0) is 14.9 Å². The topological polar surface area (TPSA) is 94.3 Å². The van der Waals surface area contributed by atoms with Crippen molar-refractivity contribution in [2.24, 2.45) is 11.7 Å². The van der Waals surface area contributed by atoms with E-state index >= 15 is 0 Å². The van der Waals surface area contributed by atoms with Crippen LogP contribution in [0.25, 0.3) is 0 Å². The molecule has 2 atom stereocenters. The van der Waals surface area contributed by atoms with E-state index in [1.165, 1.54) is 0 Å². The lowest BCUT2D eigenvalue weighted by atomic mass is 9.84. The van der Waals surface area contributed by atoms with Crippen LogP contribution in [0.5, 0.6) is 0 Å². The van der Waals surface area contributed by atoms with Gasteiger partial charge < -0.3 is 15.8 Å². The Morgan fingerprint density at radius 3 is 2.68 bits per heavy atom. The molecule has 3 N–H and O–H groups in total. The minimum absolute atomic E-state index is 0.0704.